The third-order valence-electron chi connectivity index (χ3n) is 3.36. The summed E-state index contributed by atoms with van der Waals surface area (Å²) >= 11 is 0. The van der Waals surface area contributed by atoms with Gasteiger partial charge in [-0.2, -0.15) is 0 Å². The van der Waals surface area contributed by atoms with Gasteiger partial charge in [0.25, 0.3) is 0 Å². The molecule has 0 aromatic heterocycles. The van der Waals surface area contributed by atoms with Gasteiger partial charge in [-0.25, -0.2) is 4.79 Å². The monoisotopic (exact) mass is 212 g/mol. The standard InChI is InChI=1S/C10H16N2O3/c1-15-10(14)8-5-3-6-2-4-7(11)9(13)12(6)8/h6-8H,2-5,11H2,1H3. The van der Waals surface area contributed by atoms with Crippen LogP contribution in [0.3, 0.4) is 0 Å². The van der Waals surface area contributed by atoms with Crippen LogP contribution in [0.25, 0.3) is 0 Å². The fourth-order valence-corrected chi connectivity index (χ4v) is 2.55. The third kappa shape index (κ3) is 1.61. The van der Waals surface area contributed by atoms with Crippen molar-refractivity contribution in [3.05, 3.63) is 0 Å². The van der Waals surface area contributed by atoms with Crippen molar-refractivity contribution in [1.29, 1.82) is 0 Å². The van der Waals surface area contributed by atoms with Gasteiger partial charge in [-0.1, -0.05) is 0 Å². The highest BCUT2D eigenvalue weighted by atomic mass is 16.5. The van der Waals surface area contributed by atoms with Crippen LogP contribution in [-0.4, -0.2) is 42.0 Å². The summed E-state index contributed by atoms with van der Waals surface area (Å²) in [6.07, 6.45) is 3.22. The van der Waals surface area contributed by atoms with Crippen LogP contribution in [0.4, 0.5) is 0 Å². The van der Waals surface area contributed by atoms with Gasteiger partial charge < -0.3 is 15.4 Å². The fourth-order valence-electron chi connectivity index (χ4n) is 2.55. The van der Waals surface area contributed by atoms with Gasteiger partial charge in [-0.05, 0) is 25.7 Å². The predicted molar refractivity (Wildman–Crippen MR) is 52.9 cm³/mol. The molecule has 0 bridgehead atoms. The van der Waals surface area contributed by atoms with Crippen molar-refractivity contribution in [3.63, 3.8) is 0 Å². The highest BCUT2D eigenvalue weighted by molar-refractivity contribution is 5.89. The van der Waals surface area contributed by atoms with Crippen molar-refractivity contribution in [1.82, 2.24) is 4.90 Å². The number of ether oxygens (including phenoxy) is 1. The largest absolute Gasteiger partial charge is 0.467 e. The summed E-state index contributed by atoms with van der Waals surface area (Å²) < 4.78 is 4.69. The maximum absolute atomic E-state index is 11.8. The minimum absolute atomic E-state index is 0.0980. The lowest BCUT2D eigenvalue weighted by Gasteiger charge is -2.35. The van der Waals surface area contributed by atoms with Gasteiger partial charge in [-0.15, -0.1) is 0 Å². The third-order valence-corrected chi connectivity index (χ3v) is 3.36. The molecule has 5 nitrogen and oxygen atoms in total. The molecule has 15 heavy (non-hydrogen) atoms. The van der Waals surface area contributed by atoms with E-state index in [9.17, 15) is 9.59 Å². The van der Waals surface area contributed by atoms with Crippen LogP contribution in [0.2, 0.25) is 0 Å². The van der Waals surface area contributed by atoms with E-state index in [4.69, 9.17) is 10.5 Å². The number of piperidine rings is 1. The highest BCUT2D eigenvalue weighted by Crippen LogP contribution is 2.32. The first-order valence-corrected chi connectivity index (χ1v) is 5.30. The molecule has 2 rings (SSSR count). The molecule has 0 aromatic carbocycles. The average molecular weight is 212 g/mol. The molecule has 2 aliphatic rings. The van der Waals surface area contributed by atoms with Crippen molar-refractivity contribution < 1.29 is 14.3 Å². The molecular weight excluding hydrogens is 196 g/mol. The van der Waals surface area contributed by atoms with Crippen LogP contribution in [0.1, 0.15) is 25.7 Å². The summed E-state index contributed by atoms with van der Waals surface area (Å²) in [4.78, 5) is 24.9. The van der Waals surface area contributed by atoms with Gasteiger partial charge in [0, 0.05) is 6.04 Å². The highest BCUT2D eigenvalue weighted by Gasteiger charge is 2.45. The number of hydrogen-bond donors (Lipinski definition) is 1. The van der Waals surface area contributed by atoms with Gasteiger partial charge in [0.1, 0.15) is 6.04 Å². The Labute approximate surface area is 88.5 Å². The predicted octanol–water partition coefficient (Wildman–Crippen LogP) is -0.360. The number of methoxy groups -OCH3 is 1. The number of esters is 1. The summed E-state index contributed by atoms with van der Waals surface area (Å²) in [7, 11) is 1.35. The maximum atomic E-state index is 11.8. The number of nitrogens with zero attached hydrogens (tertiary/aromatic N) is 1. The number of carbonyl (C=O) groups excluding carboxylic acids is 2. The van der Waals surface area contributed by atoms with Gasteiger partial charge in [0.05, 0.1) is 13.2 Å². The van der Waals surface area contributed by atoms with Crippen molar-refractivity contribution in [2.24, 2.45) is 5.73 Å². The van der Waals surface area contributed by atoms with Crippen LogP contribution >= 0.6 is 0 Å². The number of fused-ring (bicyclic) bond motifs is 1. The SMILES string of the molecule is COC(=O)C1CCC2CCC(N)C(=O)N21. The van der Waals surface area contributed by atoms with Crippen LogP contribution in [-0.2, 0) is 14.3 Å². The lowest BCUT2D eigenvalue weighted by molar-refractivity contribution is -0.154. The van der Waals surface area contributed by atoms with E-state index in [2.05, 4.69) is 0 Å². The smallest absolute Gasteiger partial charge is 0.328 e. The Bertz CT molecular complexity index is 292. The molecule has 2 heterocycles. The zero-order valence-corrected chi connectivity index (χ0v) is 8.81. The Morgan fingerprint density at radius 2 is 2.07 bits per heavy atom. The summed E-state index contributed by atoms with van der Waals surface area (Å²) in [6.45, 7) is 0. The van der Waals surface area contributed by atoms with Gasteiger partial charge in [0.15, 0.2) is 0 Å². The molecule has 0 aromatic rings. The van der Waals surface area contributed by atoms with E-state index >= 15 is 0 Å². The molecule has 2 saturated heterocycles. The minimum Gasteiger partial charge on any atom is -0.467 e. The second kappa shape index (κ2) is 3.81. The Morgan fingerprint density at radius 3 is 2.73 bits per heavy atom. The molecule has 2 fully saturated rings. The Hall–Kier alpha value is -1.10. The number of hydrogen-bond acceptors (Lipinski definition) is 4. The molecule has 0 saturated carbocycles. The average Bonchev–Trinajstić information content (AvgIpc) is 2.67. The zero-order chi connectivity index (χ0) is 11.0. The number of carbonyl (C=O) groups is 2. The number of amides is 1. The lowest BCUT2D eigenvalue weighted by atomic mass is 9.99. The normalized spacial score (nSPS) is 35.2. The Kier molecular flexibility index (Phi) is 2.65. The molecule has 5 heteroatoms. The van der Waals surface area contributed by atoms with Crippen molar-refractivity contribution in [3.8, 4) is 0 Å². The van der Waals surface area contributed by atoms with E-state index in [1.165, 1.54) is 7.11 Å². The van der Waals surface area contributed by atoms with Crippen molar-refractivity contribution in [2.45, 2.75) is 43.8 Å². The summed E-state index contributed by atoms with van der Waals surface area (Å²) in [5.41, 5.74) is 5.69. The molecule has 0 aliphatic carbocycles. The molecule has 1 amide bonds. The van der Waals surface area contributed by atoms with E-state index in [0.29, 0.717) is 6.42 Å². The van der Waals surface area contributed by atoms with E-state index in [1.54, 1.807) is 4.90 Å². The van der Waals surface area contributed by atoms with Gasteiger partial charge >= 0.3 is 5.97 Å². The first kappa shape index (κ1) is 10.4. The molecule has 0 radical (unpaired) electrons. The van der Waals surface area contributed by atoms with Crippen LogP contribution in [0, 0.1) is 0 Å². The lowest BCUT2D eigenvalue weighted by Crippen LogP contribution is -2.55. The Morgan fingerprint density at radius 1 is 1.40 bits per heavy atom. The molecule has 2 N–H and O–H groups in total. The first-order valence-electron chi connectivity index (χ1n) is 5.30. The van der Waals surface area contributed by atoms with Crippen LogP contribution in [0.15, 0.2) is 0 Å². The second-order valence-electron chi connectivity index (χ2n) is 4.20. The van der Waals surface area contributed by atoms with Crippen molar-refractivity contribution in [2.75, 3.05) is 7.11 Å². The van der Waals surface area contributed by atoms with E-state index in [0.717, 1.165) is 19.3 Å². The Balaban J connectivity index is 2.17. The first-order chi connectivity index (χ1) is 7.15. The molecule has 0 spiro atoms. The molecular formula is C10H16N2O3. The van der Waals surface area contributed by atoms with Gasteiger partial charge in [-0.3, -0.25) is 4.79 Å². The quantitative estimate of drug-likeness (QED) is 0.602. The van der Waals surface area contributed by atoms with Crippen LogP contribution in [0.5, 0.6) is 0 Å². The van der Waals surface area contributed by atoms with E-state index < -0.39 is 12.1 Å². The molecule has 3 atom stereocenters. The second-order valence-corrected chi connectivity index (χ2v) is 4.20. The zero-order valence-electron chi connectivity index (χ0n) is 8.81. The summed E-state index contributed by atoms with van der Waals surface area (Å²) in [6, 6.07) is -0.647. The number of rotatable bonds is 1. The van der Waals surface area contributed by atoms with Crippen LogP contribution < -0.4 is 5.73 Å². The van der Waals surface area contributed by atoms with Gasteiger partial charge in [0.2, 0.25) is 5.91 Å². The van der Waals surface area contributed by atoms with E-state index in [1.807, 2.05) is 0 Å². The molecule has 3 unspecified atom stereocenters. The summed E-state index contributed by atoms with van der Waals surface area (Å²) in [5.74, 6) is -0.417. The minimum atomic E-state index is -0.438. The number of nitrogens with two attached hydrogens (primary N) is 1. The maximum Gasteiger partial charge on any atom is 0.328 e. The van der Waals surface area contributed by atoms with Crippen molar-refractivity contribution >= 4 is 11.9 Å². The summed E-state index contributed by atoms with van der Waals surface area (Å²) in [5, 5.41) is 0. The van der Waals surface area contributed by atoms with E-state index in [-0.39, 0.29) is 17.9 Å². The topological polar surface area (TPSA) is 72.6 Å². The molecule has 84 valence electrons. The fraction of sp³-hybridized carbons (Fsp3) is 0.800. The molecule has 2 aliphatic heterocycles.